The summed E-state index contributed by atoms with van der Waals surface area (Å²) < 4.78 is 16.5. The molecule has 0 spiro atoms. The highest BCUT2D eigenvalue weighted by atomic mass is 19.1. The van der Waals surface area contributed by atoms with E-state index in [0.29, 0.717) is 43.9 Å². The van der Waals surface area contributed by atoms with E-state index in [-0.39, 0.29) is 22.8 Å². The number of carbonyl (C=O) groups is 2. The highest BCUT2D eigenvalue weighted by molar-refractivity contribution is 5.93. The summed E-state index contributed by atoms with van der Waals surface area (Å²) in [5, 5.41) is 9.30. The molecule has 1 aromatic carbocycles. The van der Waals surface area contributed by atoms with Crippen molar-refractivity contribution in [1.29, 1.82) is 0 Å². The molecule has 1 aliphatic heterocycles. The van der Waals surface area contributed by atoms with E-state index in [1.165, 1.54) is 6.20 Å². The number of pyridine rings is 1. The third kappa shape index (κ3) is 3.89. The van der Waals surface area contributed by atoms with Crippen LogP contribution in [0.4, 0.5) is 10.1 Å². The standard InChI is InChI=1S/C21H27FN4O4/c1-4-24-11-14(21(29)30)19(27)13-9-15(22)17(10-16(13)24)25-5-7-26(8-6-25)20(28)18(23)12(2)3/h9-12,18H,4-8,23H2,1-3H3,(H,29,30). The molecule has 1 aromatic heterocycles. The molecule has 1 unspecified atom stereocenters. The van der Waals surface area contributed by atoms with E-state index < -0.39 is 23.3 Å². The van der Waals surface area contributed by atoms with Gasteiger partial charge in [0.1, 0.15) is 11.4 Å². The lowest BCUT2D eigenvalue weighted by Gasteiger charge is -2.37. The van der Waals surface area contributed by atoms with Crippen molar-refractivity contribution in [3.8, 4) is 0 Å². The largest absolute Gasteiger partial charge is 0.477 e. The lowest BCUT2D eigenvalue weighted by molar-refractivity contribution is -0.133. The minimum atomic E-state index is -1.34. The molecule has 8 nitrogen and oxygen atoms in total. The van der Waals surface area contributed by atoms with Crippen molar-refractivity contribution >= 4 is 28.5 Å². The average Bonchev–Trinajstić information content (AvgIpc) is 2.72. The number of anilines is 1. The number of hydrogen-bond donors (Lipinski definition) is 2. The minimum Gasteiger partial charge on any atom is -0.477 e. The molecule has 30 heavy (non-hydrogen) atoms. The van der Waals surface area contributed by atoms with Gasteiger partial charge in [0.25, 0.3) is 0 Å². The van der Waals surface area contributed by atoms with Gasteiger partial charge in [-0.1, -0.05) is 13.8 Å². The van der Waals surface area contributed by atoms with E-state index in [4.69, 9.17) is 5.73 Å². The normalized spacial score (nSPS) is 15.7. The number of carboxylic acid groups (broad SMARTS) is 1. The summed E-state index contributed by atoms with van der Waals surface area (Å²) in [5.74, 6) is -2.00. The van der Waals surface area contributed by atoms with Crippen LogP contribution in [0.25, 0.3) is 10.9 Å². The molecule has 9 heteroatoms. The number of aryl methyl sites for hydroxylation is 1. The Labute approximate surface area is 173 Å². The average molecular weight is 418 g/mol. The lowest BCUT2D eigenvalue weighted by Crippen LogP contribution is -2.54. The molecule has 0 bridgehead atoms. The van der Waals surface area contributed by atoms with Gasteiger partial charge < -0.3 is 25.2 Å². The van der Waals surface area contributed by atoms with Crippen LogP contribution >= 0.6 is 0 Å². The van der Waals surface area contributed by atoms with Crippen LogP contribution in [0.5, 0.6) is 0 Å². The SMILES string of the molecule is CCn1cc(C(=O)O)c(=O)c2cc(F)c(N3CCN(C(=O)C(N)C(C)C)CC3)cc21. The van der Waals surface area contributed by atoms with Gasteiger partial charge in [-0.25, -0.2) is 9.18 Å². The van der Waals surface area contributed by atoms with Crippen molar-refractivity contribution in [3.63, 3.8) is 0 Å². The van der Waals surface area contributed by atoms with Crippen LogP contribution in [-0.4, -0.2) is 58.7 Å². The first-order valence-corrected chi connectivity index (χ1v) is 10.0. The predicted molar refractivity (Wildman–Crippen MR) is 112 cm³/mol. The zero-order valence-electron chi connectivity index (χ0n) is 17.4. The second-order valence-electron chi connectivity index (χ2n) is 7.87. The topological polar surface area (TPSA) is 109 Å². The summed E-state index contributed by atoms with van der Waals surface area (Å²) >= 11 is 0. The van der Waals surface area contributed by atoms with Crippen molar-refractivity contribution < 1.29 is 19.1 Å². The van der Waals surface area contributed by atoms with Crippen molar-refractivity contribution in [3.05, 3.63) is 39.9 Å². The number of hydrogen-bond acceptors (Lipinski definition) is 5. The van der Waals surface area contributed by atoms with E-state index >= 15 is 0 Å². The third-order valence-electron chi connectivity index (χ3n) is 5.66. The number of carbonyl (C=O) groups excluding carboxylic acids is 1. The molecular formula is C21H27FN4O4. The van der Waals surface area contributed by atoms with E-state index in [1.54, 1.807) is 15.5 Å². The number of fused-ring (bicyclic) bond motifs is 1. The van der Waals surface area contributed by atoms with Gasteiger partial charge >= 0.3 is 5.97 Å². The second kappa shape index (κ2) is 8.43. The van der Waals surface area contributed by atoms with Crippen LogP contribution < -0.4 is 16.1 Å². The van der Waals surface area contributed by atoms with E-state index in [9.17, 15) is 23.9 Å². The molecule has 3 N–H and O–H groups in total. The number of carboxylic acids is 1. The fourth-order valence-corrected chi connectivity index (χ4v) is 3.72. The summed E-state index contributed by atoms with van der Waals surface area (Å²) in [4.78, 5) is 39.8. The van der Waals surface area contributed by atoms with Gasteiger partial charge in [0.15, 0.2) is 0 Å². The molecule has 1 atom stereocenters. The Morgan fingerprint density at radius 3 is 2.37 bits per heavy atom. The quantitative estimate of drug-likeness (QED) is 0.762. The van der Waals surface area contributed by atoms with E-state index in [2.05, 4.69) is 0 Å². The summed E-state index contributed by atoms with van der Waals surface area (Å²) in [6.45, 7) is 7.76. The molecule has 1 saturated heterocycles. The maximum absolute atomic E-state index is 14.9. The number of rotatable bonds is 5. The highest BCUT2D eigenvalue weighted by Crippen LogP contribution is 2.26. The molecule has 1 amide bonds. The number of benzene rings is 1. The Morgan fingerprint density at radius 2 is 1.83 bits per heavy atom. The fraction of sp³-hybridized carbons (Fsp3) is 0.476. The first-order valence-electron chi connectivity index (χ1n) is 10.0. The Kier molecular flexibility index (Phi) is 6.12. The molecule has 0 saturated carbocycles. The number of halogens is 1. The molecule has 3 rings (SSSR count). The molecular weight excluding hydrogens is 391 g/mol. The van der Waals surface area contributed by atoms with E-state index in [1.807, 2.05) is 25.7 Å². The van der Waals surface area contributed by atoms with Gasteiger partial charge in [0.2, 0.25) is 11.3 Å². The minimum absolute atomic E-state index is 0.0368. The number of nitrogens with two attached hydrogens (primary N) is 1. The Balaban J connectivity index is 1.92. The van der Waals surface area contributed by atoms with Crippen LogP contribution in [0, 0.1) is 11.7 Å². The van der Waals surface area contributed by atoms with Gasteiger partial charge in [0.05, 0.1) is 17.2 Å². The van der Waals surface area contributed by atoms with Crippen molar-refractivity contribution in [2.45, 2.75) is 33.4 Å². The van der Waals surface area contributed by atoms with E-state index in [0.717, 1.165) is 6.07 Å². The van der Waals surface area contributed by atoms with Crippen LogP contribution in [0.15, 0.2) is 23.1 Å². The first-order chi connectivity index (χ1) is 14.1. The van der Waals surface area contributed by atoms with Gasteiger partial charge in [0, 0.05) is 44.3 Å². The number of aromatic nitrogens is 1. The molecule has 0 aliphatic carbocycles. The molecule has 1 fully saturated rings. The van der Waals surface area contributed by atoms with Gasteiger partial charge in [-0.2, -0.15) is 0 Å². The van der Waals surface area contributed by atoms with Crippen molar-refractivity contribution in [2.75, 3.05) is 31.1 Å². The molecule has 1 aliphatic rings. The zero-order chi connectivity index (χ0) is 22.2. The summed E-state index contributed by atoms with van der Waals surface area (Å²) in [6.07, 6.45) is 1.29. The van der Waals surface area contributed by atoms with Crippen LogP contribution in [0.3, 0.4) is 0 Å². The third-order valence-corrected chi connectivity index (χ3v) is 5.66. The lowest BCUT2D eigenvalue weighted by atomic mass is 10.0. The van der Waals surface area contributed by atoms with Crippen molar-refractivity contribution in [1.82, 2.24) is 9.47 Å². The monoisotopic (exact) mass is 418 g/mol. The maximum atomic E-state index is 14.9. The Hall–Kier alpha value is -2.94. The first kappa shape index (κ1) is 21.8. The van der Waals surface area contributed by atoms with Gasteiger partial charge in [-0.3, -0.25) is 9.59 Å². The molecule has 0 radical (unpaired) electrons. The highest BCUT2D eigenvalue weighted by Gasteiger charge is 2.28. The smallest absolute Gasteiger partial charge is 0.341 e. The van der Waals surface area contributed by atoms with Crippen LogP contribution in [0.1, 0.15) is 31.1 Å². The van der Waals surface area contributed by atoms with Crippen LogP contribution in [0.2, 0.25) is 0 Å². The fourth-order valence-electron chi connectivity index (χ4n) is 3.72. The molecule has 162 valence electrons. The molecule has 2 aromatic rings. The van der Waals surface area contributed by atoms with Crippen LogP contribution in [-0.2, 0) is 11.3 Å². The van der Waals surface area contributed by atoms with Gasteiger partial charge in [-0.15, -0.1) is 0 Å². The molecule has 2 heterocycles. The predicted octanol–water partition coefficient (Wildman–Crippen LogP) is 1.49. The number of amides is 1. The maximum Gasteiger partial charge on any atom is 0.341 e. The number of nitrogens with zero attached hydrogens (tertiary/aromatic N) is 3. The second-order valence-corrected chi connectivity index (χ2v) is 7.87. The Bertz CT molecular complexity index is 1040. The summed E-state index contributed by atoms with van der Waals surface area (Å²) in [7, 11) is 0. The van der Waals surface area contributed by atoms with Gasteiger partial charge in [-0.05, 0) is 25.0 Å². The summed E-state index contributed by atoms with van der Waals surface area (Å²) in [5.41, 5.74) is 5.68. The zero-order valence-corrected chi connectivity index (χ0v) is 17.4. The number of aromatic carboxylic acids is 1. The Morgan fingerprint density at radius 1 is 1.20 bits per heavy atom. The summed E-state index contributed by atoms with van der Waals surface area (Å²) in [6, 6.07) is 2.13. The van der Waals surface area contributed by atoms with Crippen molar-refractivity contribution in [2.24, 2.45) is 11.7 Å². The number of piperazine rings is 1.